The first kappa shape index (κ1) is 7.54. The molecule has 1 atom stereocenters. The quantitative estimate of drug-likeness (QED) is 0.535. The van der Waals surface area contributed by atoms with Crippen LogP contribution in [-0.2, 0) is 4.79 Å². The molecule has 1 aliphatic rings. The van der Waals surface area contributed by atoms with Crippen LogP contribution in [0.15, 0.2) is 0 Å². The zero-order valence-corrected chi connectivity index (χ0v) is 6.53. The molecule has 1 aliphatic heterocycles. The van der Waals surface area contributed by atoms with Crippen molar-refractivity contribution < 1.29 is 4.79 Å². The fourth-order valence-electron chi connectivity index (χ4n) is 1.08. The minimum absolute atomic E-state index is 0.126. The van der Waals surface area contributed by atoms with Crippen molar-refractivity contribution in [3.63, 3.8) is 0 Å². The predicted octanol–water partition coefficient (Wildman–Crippen LogP) is -0.126. The van der Waals surface area contributed by atoms with Crippen molar-refractivity contribution in [2.24, 2.45) is 0 Å². The summed E-state index contributed by atoms with van der Waals surface area (Å²) in [5.41, 5.74) is -0.321. The molecule has 0 saturated carbocycles. The molecule has 1 saturated heterocycles. The third-order valence-electron chi connectivity index (χ3n) is 2.13. The van der Waals surface area contributed by atoms with Crippen molar-refractivity contribution in [2.45, 2.75) is 25.8 Å². The van der Waals surface area contributed by atoms with Crippen LogP contribution in [0.2, 0.25) is 0 Å². The van der Waals surface area contributed by atoms with Crippen LogP contribution in [0.25, 0.3) is 0 Å². The van der Waals surface area contributed by atoms with Crippen molar-refractivity contribution in [3.8, 4) is 0 Å². The first-order valence-electron chi connectivity index (χ1n) is 3.72. The van der Waals surface area contributed by atoms with E-state index >= 15 is 0 Å². The van der Waals surface area contributed by atoms with Crippen LogP contribution in [-0.4, -0.2) is 24.5 Å². The van der Waals surface area contributed by atoms with Gasteiger partial charge in [0.25, 0.3) is 0 Å². The zero-order chi connectivity index (χ0) is 7.61. The van der Waals surface area contributed by atoms with E-state index in [1.54, 1.807) is 0 Å². The number of rotatable bonds is 1. The molecule has 0 aromatic heterocycles. The molecule has 10 heavy (non-hydrogen) atoms. The van der Waals surface area contributed by atoms with Gasteiger partial charge in [-0.3, -0.25) is 4.79 Å². The van der Waals surface area contributed by atoms with E-state index in [-0.39, 0.29) is 11.4 Å². The lowest BCUT2D eigenvalue weighted by Crippen LogP contribution is -2.61. The maximum Gasteiger partial charge on any atom is 0.240 e. The molecule has 0 radical (unpaired) electrons. The molecule has 0 aromatic carbocycles. The molecule has 1 heterocycles. The van der Waals surface area contributed by atoms with Gasteiger partial charge in [-0.15, -0.1) is 0 Å². The van der Waals surface area contributed by atoms with Gasteiger partial charge in [-0.05, 0) is 13.3 Å². The third kappa shape index (κ3) is 1.14. The molecule has 2 N–H and O–H groups in total. The first-order chi connectivity index (χ1) is 4.69. The Balaban J connectivity index is 2.63. The van der Waals surface area contributed by atoms with Gasteiger partial charge >= 0.3 is 0 Å². The summed E-state index contributed by atoms with van der Waals surface area (Å²) in [6.07, 6.45) is 0.846. The van der Waals surface area contributed by atoms with Crippen LogP contribution >= 0.6 is 0 Å². The summed E-state index contributed by atoms with van der Waals surface area (Å²) >= 11 is 0. The molecular weight excluding hydrogens is 128 g/mol. The highest BCUT2D eigenvalue weighted by atomic mass is 16.2. The van der Waals surface area contributed by atoms with Gasteiger partial charge in [-0.25, -0.2) is 0 Å². The van der Waals surface area contributed by atoms with E-state index in [1.165, 1.54) is 0 Å². The van der Waals surface area contributed by atoms with Crippen LogP contribution in [0.5, 0.6) is 0 Å². The third-order valence-corrected chi connectivity index (χ3v) is 2.13. The van der Waals surface area contributed by atoms with Crippen LogP contribution in [0, 0.1) is 0 Å². The van der Waals surface area contributed by atoms with Crippen LogP contribution < -0.4 is 10.6 Å². The number of nitrogens with one attached hydrogen (secondary N) is 2. The standard InChI is InChI=1S/C7H14N2O/c1-3-7(2)6(10)8-4-5-9-7/h9H,3-5H2,1-2H3,(H,8,10). The molecule has 58 valence electrons. The maximum absolute atomic E-state index is 11.2. The van der Waals surface area contributed by atoms with Crippen LogP contribution in [0.1, 0.15) is 20.3 Å². The van der Waals surface area contributed by atoms with E-state index in [0.29, 0.717) is 0 Å². The predicted molar refractivity (Wildman–Crippen MR) is 39.7 cm³/mol. The van der Waals surface area contributed by atoms with Gasteiger partial charge < -0.3 is 10.6 Å². The molecule has 1 amide bonds. The maximum atomic E-state index is 11.2. The van der Waals surface area contributed by atoms with Gasteiger partial charge in [0.05, 0.1) is 5.54 Å². The van der Waals surface area contributed by atoms with E-state index in [2.05, 4.69) is 10.6 Å². The molecule has 0 bridgehead atoms. The zero-order valence-electron chi connectivity index (χ0n) is 6.53. The summed E-state index contributed by atoms with van der Waals surface area (Å²) in [5.74, 6) is 0.126. The average molecular weight is 142 g/mol. The molecular formula is C7H14N2O. The minimum Gasteiger partial charge on any atom is -0.353 e. The molecule has 0 aliphatic carbocycles. The molecule has 3 heteroatoms. The van der Waals surface area contributed by atoms with E-state index in [4.69, 9.17) is 0 Å². The molecule has 1 fully saturated rings. The summed E-state index contributed by atoms with van der Waals surface area (Å²) in [5, 5.41) is 6.00. The molecule has 3 nitrogen and oxygen atoms in total. The number of carbonyl (C=O) groups excluding carboxylic acids is 1. The summed E-state index contributed by atoms with van der Waals surface area (Å²) in [7, 11) is 0. The van der Waals surface area contributed by atoms with Crippen molar-refractivity contribution in [2.75, 3.05) is 13.1 Å². The summed E-state index contributed by atoms with van der Waals surface area (Å²) in [4.78, 5) is 11.2. The summed E-state index contributed by atoms with van der Waals surface area (Å²) < 4.78 is 0. The van der Waals surface area contributed by atoms with Gasteiger partial charge in [-0.2, -0.15) is 0 Å². The summed E-state index contributed by atoms with van der Waals surface area (Å²) in [6, 6.07) is 0. The summed E-state index contributed by atoms with van der Waals surface area (Å²) in [6.45, 7) is 5.59. The second-order valence-corrected chi connectivity index (χ2v) is 2.87. The Morgan fingerprint density at radius 3 is 2.70 bits per heavy atom. The lowest BCUT2D eigenvalue weighted by Gasteiger charge is -2.32. The van der Waals surface area contributed by atoms with Gasteiger partial charge in [0.1, 0.15) is 0 Å². The van der Waals surface area contributed by atoms with Gasteiger partial charge in [0.15, 0.2) is 0 Å². The van der Waals surface area contributed by atoms with Crippen LogP contribution in [0.3, 0.4) is 0 Å². The van der Waals surface area contributed by atoms with Crippen LogP contribution in [0.4, 0.5) is 0 Å². The first-order valence-corrected chi connectivity index (χ1v) is 3.72. The Bertz CT molecular complexity index is 147. The van der Waals surface area contributed by atoms with E-state index < -0.39 is 0 Å². The molecule has 1 rings (SSSR count). The Labute approximate surface area is 61.2 Å². The van der Waals surface area contributed by atoms with E-state index in [9.17, 15) is 4.79 Å². The lowest BCUT2D eigenvalue weighted by atomic mass is 9.96. The van der Waals surface area contributed by atoms with Crippen molar-refractivity contribution >= 4 is 5.91 Å². The highest BCUT2D eigenvalue weighted by molar-refractivity contribution is 5.86. The van der Waals surface area contributed by atoms with E-state index in [1.807, 2.05) is 13.8 Å². The fraction of sp³-hybridized carbons (Fsp3) is 0.857. The Morgan fingerprint density at radius 1 is 1.60 bits per heavy atom. The average Bonchev–Trinajstić information content (AvgIpc) is 1.96. The van der Waals surface area contributed by atoms with Gasteiger partial charge in [0, 0.05) is 13.1 Å². The van der Waals surface area contributed by atoms with Crippen molar-refractivity contribution in [1.82, 2.24) is 10.6 Å². The highest BCUT2D eigenvalue weighted by Crippen LogP contribution is 2.10. The number of amides is 1. The molecule has 1 unspecified atom stereocenters. The molecule has 0 spiro atoms. The SMILES string of the molecule is CCC1(C)NCCNC1=O. The number of piperazine rings is 1. The second kappa shape index (κ2) is 2.58. The van der Waals surface area contributed by atoms with Crippen molar-refractivity contribution in [3.05, 3.63) is 0 Å². The highest BCUT2D eigenvalue weighted by Gasteiger charge is 2.32. The smallest absolute Gasteiger partial charge is 0.240 e. The topological polar surface area (TPSA) is 41.1 Å². The lowest BCUT2D eigenvalue weighted by molar-refractivity contribution is -0.128. The van der Waals surface area contributed by atoms with Crippen molar-refractivity contribution in [1.29, 1.82) is 0 Å². The monoisotopic (exact) mass is 142 g/mol. The second-order valence-electron chi connectivity index (χ2n) is 2.87. The Kier molecular flexibility index (Phi) is 1.94. The fourth-order valence-corrected chi connectivity index (χ4v) is 1.08. The number of carbonyl (C=O) groups is 1. The Hall–Kier alpha value is -0.570. The van der Waals surface area contributed by atoms with Gasteiger partial charge in [-0.1, -0.05) is 6.92 Å². The minimum atomic E-state index is -0.321. The van der Waals surface area contributed by atoms with Gasteiger partial charge in [0.2, 0.25) is 5.91 Å². The van der Waals surface area contributed by atoms with E-state index in [0.717, 1.165) is 19.5 Å². The normalized spacial score (nSPS) is 33.6. The largest absolute Gasteiger partial charge is 0.353 e. The number of hydrogen-bond acceptors (Lipinski definition) is 2. The molecule has 0 aromatic rings. The Morgan fingerprint density at radius 2 is 2.30 bits per heavy atom. The number of hydrogen-bond donors (Lipinski definition) is 2.